The van der Waals surface area contributed by atoms with E-state index < -0.39 is 72.9 Å². The maximum Gasteiger partial charge on any atom is 0.475 e. The number of aromatic nitrogens is 1. The van der Waals surface area contributed by atoms with Gasteiger partial charge in [-0.05, 0) is 64.5 Å². The summed E-state index contributed by atoms with van der Waals surface area (Å²) < 4.78 is 44.4. The molecule has 5 aromatic rings. The summed E-state index contributed by atoms with van der Waals surface area (Å²) in [5.74, 6) is -1.10. The van der Waals surface area contributed by atoms with Crippen LogP contribution in [0.1, 0.15) is 70.2 Å². The zero-order valence-electron chi connectivity index (χ0n) is 40.7. The fraction of sp³-hybridized carbons (Fsp3) is 0.377. The minimum absolute atomic E-state index is 0.0847. The third-order valence-corrected chi connectivity index (χ3v) is 12.6. The van der Waals surface area contributed by atoms with Crippen LogP contribution in [0.5, 0.6) is 0 Å². The highest BCUT2D eigenvalue weighted by Crippen LogP contribution is 2.53. The molecule has 5 atom stereocenters. The lowest BCUT2D eigenvalue weighted by molar-refractivity contribution is -0.128. The number of hydrogen-bond acceptors (Lipinski definition) is 11. The van der Waals surface area contributed by atoms with Crippen LogP contribution in [-0.4, -0.2) is 73.5 Å². The SMILES string of the molecule is COC(=O)N[C@H](C(=O)N[C@@H](Cc1ccc(-c2ccccn2)cc1)C[C@H](OP(=O)(OCc1ccccc1)OCc1ccccc1)[C@H](Cc1ccccc1)NC(=O)[C@@H](NC(=O)OC)C(C)(C)C)C(C)(C)C. The van der Waals surface area contributed by atoms with Gasteiger partial charge in [-0.2, -0.15) is 0 Å². The molecule has 0 unspecified atom stereocenters. The summed E-state index contributed by atoms with van der Waals surface area (Å²) in [4.78, 5) is 59.1. The molecule has 0 spiro atoms. The van der Waals surface area contributed by atoms with Gasteiger partial charge in [0.2, 0.25) is 11.8 Å². The molecule has 4 amide bonds. The van der Waals surface area contributed by atoms with E-state index in [4.69, 9.17) is 23.0 Å². The zero-order chi connectivity index (χ0) is 50.0. The lowest BCUT2D eigenvalue weighted by Gasteiger charge is -2.37. The van der Waals surface area contributed by atoms with Gasteiger partial charge >= 0.3 is 20.0 Å². The number of benzene rings is 4. The molecular weight excluding hydrogens is 898 g/mol. The number of nitrogens with one attached hydrogen (secondary N) is 4. The second-order valence-corrected chi connectivity index (χ2v) is 20.5. The van der Waals surface area contributed by atoms with Crippen molar-refractivity contribution in [2.45, 2.75) is 104 Å². The van der Waals surface area contributed by atoms with E-state index in [0.29, 0.717) is 11.1 Å². The lowest BCUT2D eigenvalue weighted by Crippen LogP contribution is -2.59. The van der Waals surface area contributed by atoms with E-state index >= 15 is 4.57 Å². The topological polar surface area (TPSA) is 193 Å². The Morgan fingerprint density at radius 3 is 1.45 bits per heavy atom. The molecule has 1 aromatic heterocycles. The first-order chi connectivity index (χ1) is 32.9. The van der Waals surface area contributed by atoms with Crippen LogP contribution >= 0.6 is 7.82 Å². The molecule has 0 fully saturated rings. The molecular formula is C53H66N5O10P. The molecule has 0 radical (unpaired) electrons. The van der Waals surface area contributed by atoms with Crippen LogP contribution in [-0.2, 0) is 63.3 Å². The largest absolute Gasteiger partial charge is 0.475 e. The van der Waals surface area contributed by atoms with Crippen molar-refractivity contribution in [1.29, 1.82) is 0 Å². The third-order valence-electron chi connectivity index (χ3n) is 11.2. The summed E-state index contributed by atoms with van der Waals surface area (Å²) >= 11 is 0. The van der Waals surface area contributed by atoms with Gasteiger partial charge in [0.1, 0.15) is 12.1 Å². The first-order valence-electron chi connectivity index (χ1n) is 22.8. The van der Waals surface area contributed by atoms with Gasteiger partial charge in [0.15, 0.2) is 0 Å². The summed E-state index contributed by atoms with van der Waals surface area (Å²) in [7, 11) is -2.18. The zero-order valence-corrected chi connectivity index (χ0v) is 41.6. The Bertz CT molecular complexity index is 2390. The minimum Gasteiger partial charge on any atom is -0.453 e. The summed E-state index contributed by atoms with van der Waals surface area (Å²) in [5.41, 5.74) is 3.05. The quantitative estimate of drug-likeness (QED) is 0.0483. The maximum absolute atomic E-state index is 15.4. The summed E-state index contributed by atoms with van der Waals surface area (Å²) in [6.07, 6.45) is -0.852. The van der Waals surface area contributed by atoms with Crippen LogP contribution in [0.4, 0.5) is 9.59 Å². The predicted octanol–water partition coefficient (Wildman–Crippen LogP) is 9.36. The number of phosphoric acid groups is 1. The minimum atomic E-state index is -4.61. The number of amides is 4. The fourth-order valence-corrected chi connectivity index (χ4v) is 8.88. The Kier molecular flexibility index (Phi) is 19.6. The molecule has 1 heterocycles. The van der Waals surface area contributed by atoms with Crippen molar-refractivity contribution in [1.82, 2.24) is 26.3 Å². The highest BCUT2D eigenvalue weighted by molar-refractivity contribution is 7.48. The number of methoxy groups -OCH3 is 2. The van der Waals surface area contributed by atoms with E-state index in [1.165, 1.54) is 14.2 Å². The molecule has 5 rings (SSSR count). The molecule has 0 saturated heterocycles. The molecule has 0 saturated carbocycles. The van der Waals surface area contributed by atoms with Gasteiger partial charge < -0.3 is 30.7 Å². The normalized spacial score (nSPS) is 14.0. The van der Waals surface area contributed by atoms with Crippen LogP contribution < -0.4 is 21.3 Å². The number of ether oxygens (including phenoxy) is 2. The lowest BCUT2D eigenvalue weighted by atomic mass is 9.85. The van der Waals surface area contributed by atoms with Crippen molar-refractivity contribution in [3.8, 4) is 11.3 Å². The average molecular weight is 964 g/mol. The van der Waals surface area contributed by atoms with Gasteiger partial charge in [-0.3, -0.25) is 28.1 Å². The third kappa shape index (κ3) is 17.3. The van der Waals surface area contributed by atoms with Crippen LogP contribution in [0, 0.1) is 10.8 Å². The van der Waals surface area contributed by atoms with Gasteiger partial charge in [-0.1, -0.05) is 163 Å². The summed E-state index contributed by atoms with van der Waals surface area (Å²) in [6.45, 7) is 10.5. The van der Waals surface area contributed by atoms with Crippen LogP contribution in [0.25, 0.3) is 11.3 Å². The second kappa shape index (κ2) is 25.3. The number of hydrogen-bond donors (Lipinski definition) is 4. The van der Waals surface area contributed by atoms with Gasteiger partial charge in [-0.15, -0.1) is 0 Å². The Hall–Kier alpha value is -6.38. The maximum atomic E-state index is 15.4. The number of carbonyl (C=O) groups is 4. The van der Waals surface area contributed by atoms with Crippen LogP contribution in [0.3, 0.4) is 0 Å². The van der Waals surface area contributed by atoms with Gasteiger partial charge in [0, 0.05) is 17.8 Å². The van der Waals surface area contributed by atoms with E-state index in [1.807, 2.05) is 154 Å². The van der Waals surface area contributed by atoms with Crippen molar-refractivity contribution >= 4 is 31.8 Å². The summed E-state index contributed by atoms with van der Waals surface area (Å²) in [6, 6.07) is 37.0. The monoisotopic (exact) mass is 963 g/mol. The Morgan fingerprint density at radius 1 is 0.551 bits per heavy atom. The molecule has 0 bridgehead atoms. The van der Waals surface area contributed by atoms with Gasteiger partial charge in [-0.25, -0.2) is 14.2 Å². The second-order valence-electron chi connectivity index (χ2n) is 18.8. The molecule has 4 N–H and O–H groups in total. The average Bonchev–Trinajstić information content (AvgIpc) is 3.33. The molecule has 0 aliphatic rings. The predicted molar refractivity (Wildman–Crippen MR) is 265 cm³/mol. The Labute approximate surface area is 406 Å². The van der Waals surface area contributed by atoms with E-state index in [-0.39, 0.29) is 32.5 Å². The summed E-state index contributed by atoms with van der Waals surface area (Å²) in [5, 5.41) is 11.7. The van der Waals surface area contributed by atoms with E-state index in [2.05, 4.69) is 26.3 Å². The van der Waals surface area contributed by atoms with E-state index in [1.54, 1.807) is 27.0 Å². The number of rotatable bonds is 22. The Balaban J connectivity index is 1.65. The number of nitrogens with zero attached hydrogens (tertiary/aromatic N) is 1. The standard InChI is InChI=1S/C53H66N5O10P/c1-52(2,3)46(57-50(61)64-7)48(59)55-42(32-38-27-29-41(30-28-38)43-26-18-19-31-54-43)34-45(68-69(63,66-35-39-22-14-10-15-23-39)67-36-40-24-16-11-17-25-40)44(33-37-20-12-9-13-21-37)56-49(60)47(53(4,5)6)58-51(62)65-8/h9-31,42,44-47H,32-36H2,1-8H3,(H,55,59)(H,56,60)(H,57,61)(H,58,62)/t42-,44-,45-,46+,47+/m0/s1. The first kappa shape index (κ1) is 53.6. The van der Waals surface area contributed by atoms with Gasteiger partial charge in [0.05, 0.1) is 45.3 Å². The van der Waals surface area contributed by atoms with Gasteiger partial charge in [0.25, 0.3) is 0 Å². The molecule has 16 heteroatoms. The Morgan fingerprint density at radius 2 is 1.00 bits per heavy atom. The smallest absolute Gasteiger partial charge is 0.453 e. The highest BCUT2D eigenvalue weighted by Gasteiger charge is 2.41. The number of alkyl carbamates (subject to hydrolysis) is 2. The number of phosphoric ester groups is 1. The van der Waals surface area contributed by atoms with Crippen molar-refractivity contribution < 1.29 is 46.8 Å². The van der Waals surface area contributed by atoms with E-state index in [9.17, 15) is 19.2 Å². The molecule has 4 aromatic carbocycles. The number of pyridine rings is 1. The van der Waals surface area contributed by atoms with Crippen molar-refractivity contribution in [3.63, 3.8) is 0 Å². The van der Waals surface area contributed by atoms with E-state index in [0.717, 1.165) is 22.4 Å². The van der Waals surface area contributed by atoms with Crippen molar-refractivity contribution in [2.24, 2.45) is 10.8 Å². The molecule has 0 aliphatic heterocycles. The molecule has 0 aliphatic carbocycles. The van der Waals surface area contributed by atoms with Crippen molar-refractivity contribution in [2.75, 3.05) is 14.2 Å². The van der Waals surface area contributed by atoms with Crippen molar-refractivity contribution in [3.05, 3.63) is 162 Å². The molecule has 368 valence electrons. The molecule has 69 heavy (non-hydrogen) atoms. The van der Waals surface area contributed by atoms with Crippen LogP contribution in [0.15, 0.2) is 140 Å². The number of carbonyl (C=O) groups excluding carboxylic acids is 4. The van der Waals surface area contributed by atoms with Crippen LogP contribution in [0.2, 0.25) is 0 Å². The highest BCUT2D eigenvalue weighted by atomic mass is 31.2. The first-order valence-corrected chi connectivity index (χ1v) is 24.3. The molecule has 15 nitrogen and oxygen atoms in total. The fourth-order valence-electron chi connectivity index (χ4n) is 7.50.